The SMILES string of the molecule is C=C(C)C1CCC(C)(I)C(O)C1. The highest BCUT2D eigenvalue weighted by Gasteiger charge is 2.36. The molecule has 0 aliphatic heterocycles. The Balaban J connectivity index is 2.58. The molecule has 1 N–H and O–H groups in total. The summed E-state index contributed by atoms with van der Waals surface area (Å²) in [5.74, 6) is 0.544. The molecule has 2 heteroatoms. The lowest BCUT2D eigenvalue weighted by atomic mass is 9.78. The van der Waals surface area contributed by atoms with E-state index in [-0.39, 0.29) is 9.53 Å². The molecule has 0 spiro atoms. The second-order valence-corrected chi connectivity index (χ2v) is 6.58. The molecular formula is C10H17IO. The third-order valence-electron chi connectivity index (χ3n) is 2.88. The number of halogens is 1. The first-order valence-electron chi connectivity index (χ1n) is 4.46. The lowest BCUT2D eigenvalue weighted by molar-refractivity contribution is 0.0870. The molecule has 0 heterocycles. The lowest BCUT2D eigenvalue weighted by Gasteiger charge is -2.37. The normalized spacial score (nSPS) is 42.7. The van der Waals surface area contributed by atoms with Gasteiger partial charge < -0.3 is 5.11 Å². The third-order valence-corrected chi connectivity index (χ3v) is 4.14. The molecule has 0 radical (unpaired) electrons. The van der Waals surface area contributed by atoms with E-state index in [0.29, 0.717) is 5.92 Å². The van der Waals surface area contributed by atoms with Crippen LogP contribution in [-0.4, -0.2) is 14.6 Å². The predicted octanol–water partition coefficient (Wildman–Crippen LogP) is 2.92. The average Bonchev–Trinajstić information content (AvgIpc) is 1.94. The predicted molar refractivity (Wildman–Crippen MR) is 60.6 cm³/mol. The Hall–Kier alpha value is 0.430. The molecule has 3 unspecified atom stereocenters. The van der Waals surface area contributed by atoms with Crippen LogP contribution in [0.2, 0.25) is 0 Å². The molecule has 0 bridgehead atoms. The van der Waals surface area contributed by atoms with Crippen molar-refractivity contribution < 1.29 is 5.11 Å². The van der Waals surface area contributed by atoms with Gasteiger partial charge in [0.1, 0.15) is 0 Å². The summed E-state index contributed by atoms with van der Waals surface area (Å²) in [6, 6.07) is 0. The van der Waals surface area contributed by atoms with Gasteiger partial charge >= 0.3 is 0 Å². The van der Waals surface area contributed by atoms with E-state index in [9.17, 15) is 5.11 Å². The van der Waals surface area contributed by atoms with Crippen LogP contribution in [0, 0.1) is 5.92 Å². The smallest absolute Gasteiger partial charge is 0.0688 e. The second-order valence-electron chi connectivity index (χ2n) is 4.11. The number of aliphatic hydroxyl groups excluding tert-OH is 1. The van der Waals surface area contributed by atoms with Crippen molar-refractivity contribution in [3.63, 3.8) is 0 Å². The quantitative estimate of drug-likeness (QED) is 0.445. The van der Waals surface area contributed by atoms with Gasteiger partial charge in [-0.05, 0) is 39.0 Å². The molecule has 3 atom stereocenters. The van der Waals surface area contributed by atoms with Crippen molar-refractivity contribution >= 4 is 22.6 Å². The summed E-state index contributed by atoms with van der Waals surface area (Å²) in [6.07, 6.45) is 3.03. The topological polar surface area (TPSA) is 20.2 Å². The van der Waals surface area contributed by atoms with Crippen LogP contribution in [0.3, 0.4) is 0 Å². The molecule has 1 rings (SSSR count). The van der Waals surface area contributed by atoms with E-state index in [1.165, 1.54) is 12.0 Å². The summed E-state index contributed by atoms with van der Waals surface area (Å²) < 4.78 is 0.0870. The van der Waals surface area contributed by atoms with Crippen molar-refractivity contribution in [2.45, 2.75) is 42.6 Å². The fraction of sp³-hybridized carbons (Fsp3) is 0.800. The molecule has 1 nitrogen and oxygen atoms in total. The van der Waals surface area contributed by atoms with Gasteiger partial charge in [-0.25, -0.2) is 0 Å². The first kappa shape index (κ1) is 10.5. The van der Waals surface area contributed by atoms with Crippen molar-refractivity contribution in [2.24, 2.45) is 5.92 Å². The van der Waals surface area contributed by atoms with E-state index in [1.807, 2.05) is 0 Å². The summed E-state index contributed by atoms with van der Waals surface area (Å²) in [5.41, 5.74) is 1.22. The van der Waals surface area contributed by atoms with Crippen LogP contribution >= 0.6 is 22.6 Å². The van der Waals surface area contributed by atoms with Crippen molar-refractivity contribution in [1.29, 1.82) is 0 Å². The standard InChI is InChI=1S/C10H17IO/c1-7(2)8-4-5-10(3,11)9(12)6-8/h8-9,12H,1,4-6H2,2-3H3. The minimum absolute atomic E-state index is 0.0870. The van der Waals surface area contributed by atoms with Crippen molar-refractivity contribution in [2.75, 3.05) is 0 Å². The van der Waals surface area contributed by atoms with E-state index in [4.69, 9.17) is 0 Å². The fourth-order valence-electron chi connectivity index (χ4n) is 1.70. The minimum atomic E-state index is -0.159. The molecule has 1 aliphatic carbocycles. The molecule has 0 saturated heterocycles. The Labute approximate surface area is 88.4 Å². The van der Waals surface area contributed by atoms with Gasteiger partial charge in [0.15, 0.2) is 0 Å². The van der Waals surface area contributed by atoms with Gasteiger partial charge in [-0.1, -0.05) is 34.7 Å². The number of rotatable bonds is 1. The number of aliphatic hydroxyl groups is 1. The van der Waals surface area contributed by atoms with Crippen LogP contribution < -0.4 is 0 Å². The van der Waals surface area contributed by atoms with Crippen LogP contribution in [0.5, 0.6) is 0 Å². The summed E-state index contributed by atoms with van der Waals surface area (Å²) >= 11 is 2.37. The van der Waals surface area contributed by atoms with Crippen molar-refractivity contribution in [1.82, 2.24) is 0 Å². The number of allylic oxidation sites excluding steroid dienone is 1. The summed E-state index contributed by atoms with van der Waals surface area (Å²) in [4.78, 5) is 0. The monoisotopic (exact) mass is 280 g/mol. The van der Waals surface area contributed by atoms with Gasteiger partial charge in [-0.15, -0.1) is 0 Å². The average molecular weight is 280 g/mol. The van der Waals surface area contributed by atoms with Crippen molar-refractivity contribution in [3.05, 3.63) is 12.2 Å². The highest BCUT2D eigenvalue weighted by Crippen LogP contribution is 2.40. The van der Waals surface area contributed by atoms with E-state index in [0.717, 1.165) is 12.8 Å². The summed E-state index contributed by atoms with van der Waals surface area (Å²) in [5, 5.41) is 9.81. The van der Waals surface area contributed by atoms with E-state index in [1.54, 1.807) is 0 Å². The van der Waals surface area contributed by atoms with Gasteiger partial charge in [0, 0.05) is 3.42 Å². The number of hydrogen-bond donors (Lipinski definition) is 1. The molecule has 1 aliphatic rings. The Kier molecular flexibility index (Phi) is 3.21. The van der Waals surface area contributed by atoms with Gasteiger partial charge in [0.25, 0.3) is 0 Å². The molecule has 1 fully saturated rings. The van der Waals surface area contributed by atoms with Crippen LogP contribution in [0.1, 0.15) is 33.1 Å². The van der Waals surface area contributed by atoms with E-state index < -0.39 is 0 Å². The van der Waals surface area contributed by atoms with E-state index in [2.05, 4.69) is 43.0 Å². The lowest BCUT2D eigenvalue weighted by Crippen LogP contribution is -2.39. The Morgan fingerprint density at radius 1 is 1.67 bits per heavy atom. The highest BCUT2D eigenvalue weighted by atomic mass is 127. The van der Waals surface area contributed by atoms with Gasteiger partial charge in [-0.2, -0.15) is 0 Å². The van der Waals surface area contributed by atoms with Crippen LogP contribution in [0.15, 0.2) is 12.2 Å². The summed E-state index contributed by atoms with van der Waals surface area (Å²) in [6.45, 7) is 8.14. The maximum Gasteiger partial charge on any atom is 0.0688 e. The Bertz CT molecular complexity index is 186. The van der Waals surface area contributed by atoms with Crippen LogP contribution in [0.4, 0.5) is 0 Å². The highest BCUT2D eigenvalue weighted by molar-refractivity contribution is 14.1. The Morgan fingerprint density at radius 3 is 2.67 bits per heavy atom. The molecule has 0 aromatic rings. The zero-order chi connectivity index (χ0) is 9.35. The molecule has 0 aromatic carbocycles. The molecule has 1 saturated carbocycles. The molecular weight excluding hydrogens is 263 g/mol. The molecule has 0 amide bonds. The minimum Gasteiger partial charge on any atom is -0.392 e. The largest absolute Gasteiger partial charge is 0.392 e. The molecule has 12 heavy (non-hydrogen) atoms. The van der Waals surface area contributed by atoms with Gasteiger partial charge in [-0.3, -0.25) is 0 Å². The zero-order valence-electron chi connectivity index (χ0n) is 7.81. The summed E-state index contributed by atoms with van der Waals surface area (Å²) in [7, 11) is 0. The molecule has 0 aromatic heterocycles. The third kappa shape index (κ3) is 2.22. The number of hydrogen-bond acceptors (Lipinski definition) is 1. The first-order valence-corrected chi connectivity index (χ1v) is 5.54. The first-order chi connectivity index (χ1) is 5.43. The van der Waals surface area contributed by atoms with Crippen molar-refractivity contribution in [3.8, 4) is 0 Å². The maximum absolute atomic E-state index is 9.81. The molecule has 70 valence electrons. The van der Waals surface area contributed by atoms with Gasteiger partial charge in [0.2, 0.25) is 0 Å². The van der Waals surface area contributed by atoms with Crippen LogP contribution in [-0.2, 0) is 0 Å². The number of alkyl halides is 1. The second kappa shape index (κ2) is 3.66. The van der Waals surface area contributed by atoms with Crippen LogP contribution in [0.25, 0.3) is 0 Å². The maximum atomic E-state index is 9.81. The Morgan fingerprint density at radius 2 is 2.25 bits per heavy atom. The fourth-order valence-corrected chi connectivity index (χ4v) is 2.27. The zero-order valence-corrected chi connectivity index (χ0v) is 9.97. The van der Waals surface area contributed by atoms with Gasteiger partial charge in [0.05, 0.1) is 6.10 Å². The van der Waals surface area contributed by atoms with E-state index >= 15 is 0 Å².